The summed E-state index contributed by atoms with van der Waals surface area (Å²) in [6.45, 7) is -2.83. The van der Waals surface area contributed by atoms with E-state index in [2.05, 4.69) is 0 Å². The number of rotatable bonds is 23. The SMILES string of the molecule is CO[C@H]1OC(COC(=O)c2ccccc2)[C@@H](OC2OC(COC(=O)c3ccccc3)C(O[C@H]3OC(COC(=O)c4ccccc4)[C@@H](O)C(OC(=O)c4ccccc4)[C@@H]3N3C(=O)c4ccccc4C3=O)[C@H](OC(=O)c3ccccc3)[C@H]2N2C(=O)c3ccccc3C2=O)C(OC(=O)c2ccccc2)[C@@H]1N1Cc2ccccc2C1=O. The number of methoxy groups -OCH3 is 1. The Bertz CT molecular complexity index is 4970. The molecule has 3 fully saturated rings. The van der Waals surface area contributed by atoms with Crippen molar-refractivity contribution in [2.45, 2.75) is 98.5 Å². The number of ether oxygens (including phenoxy) is 12. The highest BCUT2D eigenvalue weighted by Gasteiger charge is 2.64. The van der Waals surface area contributed by atoms with Gasteiger partial charge in [0.15, 0.2) is 37.2 Å². The predicted molar refractivity (Wildman–Crippen MR) is 387 cm³/mol. The van der Waals surface area contributed by atoms with Crippen molar-refractivity contribution in [3.8, 4) is 0 Å². The van der Waals surface area contributed by atoms with Crippen molar-refractivity contribution >= 4 is 65.4 Å². The Morgan fingerprint density at radius 1 is 0.330 bits per heavy atom. The molecule has 0 saturated carbocycles. The molecule has 27 heteroatoms. The standard InChI is InChI=1S/C85H69N3O24/c1-101-83-63(86-44-54-38-20-21-39-55(54)72(86)90)70(109-81(99)52-34-16-6-17-35-52)67(61(106-83)46-103-78(96)49-28-10-3-11-29-49)111-85-65(88-75(93)58-42-24-25-43-59(58)76(88)94)71(110-82(100)53-36-18-7-19-37-53)68(62(107-85)47-104-79(97)50-30-12-4-13-31-50)112-84-64(87-73(91)56-40-22-23-41-57(56)74(87)92)69(108-80(98)51-32-14-5-15-33-51)66(89)60(105-84)45-102-77(95)48-26-8-2-9-27-48/h2-43,60-71,83-85,89H,44-47H2,1H3/t60?,61?,62?,63-,64-,65+,66+,67+,68?,69?,70?,71+,83-,84+,85?/m0/s1. The van der Waals surface area contributed by atoms with E-state index in [1.807, 2.05) is 0 Å². The summed E-state index contributed by atoms with van der Waals surface area (Å²) in [6.07, 6.45) is -24.6. The average Bonchev–Trinajstić information content (AvgIpc) is 1.55. The van der Waals surface area contributed by atoms with Gasteiger partial charge in [-0.25, -0.2) is 28.8 Å². The molecule has 3 saturated heterocycles. The molecule has 5 amide bonds. The van der Waals surface area contributed by atoms with Gasteiger partial charge in [0, 0.05) is 19.2 Å². The molecule has 0 spiro atoms. The van der Waals surface area contributed by atoms with E-state index in [0.717, 1.165) is 0 Å². The van der Waals surface area contributed by atoms with Crippen LogP contribution in [0.4, 0.5) is 0 Å². The molecular formula is C85H69N3O24. The first-order valence-electron chi connectivity index (χ1n) is 35.8. The topological polar surface area (TPSA) is 328 Å². The van der Waals surface area contributed by atoms with Crippen LogP contribution in [0.3, 0.4) is 0 Å². The van der Waals surface area contributed by atoms with E-state index >= 15 is 33.6 Å². The molecular weight excluding hydrogens is 1450 g/mol. The monoisotopic (exact) mass is 1520 g/mol. The first-order valence-corrected chi connectivity index (χ1v) is 35.8. The highest BCUT2D eigenvalue weighted by atomic mass is 16.8. The Hall–Kier alpha value is -12.7. The van der Waals surface area contributed by atoms with Crippen molar-refractivity contribution in [1.82, 2.24) is 14.7 Å². The van der Waals surface area contributed by atoms with Gasteiger partial charge in [-0.15, -0.1) is 0 Å². The summed E-state index contributed by atoms with van der Waals surface area (Å²) < 4.78 is 79.5. The van der Waals surface area contributed by atoms with Gasteiger partial charge in [-0.05, 0) is 109 Å². The van der Waals surface area contributed by atoms with Crippen LogP contribution in [0.2, 0.25) is 0 Å². The molecule has 0 bridgehead atoms. The van der Waals surface area contributed by atoms with Gasteiger partial charge in [-0.2, -0.15) is 0 Å². The van der Waals surface area contributed by atoms with Gasteiger partial charge in [0.25, 0.3) is 29.5 Å². The van der Waals surface area contributed by atoms with E-state index in [1.165, 1.54) is 158 Å². The van der Waals surface area contributed by atoms with Crippen LogP contribution in [0.25, 0.3) is 0 Å². The van der Waals surface area contributed by atoms with E-state index in [1.54, 1.807) is 109 Å². The number of hydrogen-bond acceptors (Lipinski definition) is 24. The highest BCUT2D eigenvalue weighted by Crippen LogP contribution is 2.44. The van der Waals surface area contributed by atoms with E-state index in [9.17, 15) is 24.3 Å². The molecule has 27 nitrogen and oxygen atoms in total. The molecule has 6 aliphatic rings. The molecule has 6 aliphatic heterocycles. The lowest BCUT2D eigenvalue weighted by molar-refractivity contribution is -0.359. The first kappa shape index (κ1) is 74.7. The lowest BCUT2D eigenvalue weighted by Crippen LogP contribution is -2.72. The Kier molecular flexibility index (Phi) is 21.9. The van der Waals surface area contributed by atoms with Gasteiger partial charge >= 0.3 is 35.8 Å². The number of carbonyl (C=O) groups excluding carboxylic acids is 11. The molecule has 1 N–H and O–H groups in total. The number of esters is 6. The molecule has 15 atom stereocenters. The number of aliphatic hydroxyl groups excluding tert-OH is 1. The lowest BCUT2D eigenvalue weighted by Gasteiger charge is -2.53. The summed E-state index contributed by atoms with van der Waals surface area (Å²) in [5.41, 5.74) is -0.0727. The van der Waals surface area contributed by atoms with Crippen LogP contribution < -0.4 is 0 Å². The van der Waals surface area contributed by atoms with Crippen LogP contribution in [0.5, 0.6) is 0 Å². The van der Waals surface area contributed by atoms with E-state index in [0.29, 0.717) is 15.4 Å². The molecule has 112 heavy (non-hydrogen) atoms. The average molecular weight is 1520 g/mol. The Morgan fingerprint density at radius 3 is 0.973 bits per heavy atom. The zero-order valence-corrected chi connectivity index (χ0v) is 59.4. The second kappa shape index (κ2) is 32.8. The van der Waals surface area contributed by atoms with Crippen LogP contribution in [0.15, 0.2) is 255 Å². The summed E-state index contributed by atoms with van der Waals surface area (Å²) in [5, 5.41) is 12.9. The summed E-state index contributed by atoms with van der Waals surface area (Å²) >= 11 is 0. The number of carbonyl (C=O) groups is 11. The number of fused-ring (bicyclic) bond motifs is 3. The number of imide groups is 2. The van der Waals surface area contributed by atoms with Crippen LogP contribution in [0, 0.1) is 0 Å². The lowest BCUT2D eigenvalue weighted by atomic mass is 9.91. The minimum atomic E-state index is -2.34. The Labute approximate surface area is 638 Å². The minimum Gasteiger partial charge on any atom is -0.459 e. The van der Waals surface area contributed by atoms with E-state index in [-0.39, 0.29) is 67.7 Å². The third-order valence-electron chi connectivity index (χ3n) is 20.1. The van der Waals surface area contributed by atoms with Crippen LogP contribution in [0.1, 0.15) is 120 Å². The van der Waals surface area contributed by atoms with E-state index in [4.69, 9.17) is 56.8 Å². The van der Waals surface area contributed by atoms with Crippen molar-refractivity contribution in [1.29, 1.82) is 0 Å². The normalized spacial score (nSPS) is 25.1. The van der Waals surface area contributed by atoms with Crippen molar-refractivity contribution < 1.29 is 115 Å². The number of hydrogen-bond donors (Lipinski definition) is 1. The van der Waals surface area contributed by atoms with Gasteiger partial charge in [0.05, 0.1) is 55.6 Å². The van der Waals surface area contributed by atoms with Crippen molar-refractivity contribution in [3.05, 3.63) is 322 Å². The van der Waals surface area contributed by atoms with Gasteiger partial charge < -0.3 is 66.8 Å². The van der Waals surface area contributed by atoms with Gasteiger partial charge in [-0.1, -0.05) is 152 Å². The zero-order valence-electron chi connectivity index (χ0n) is 59.4. The summed E-state index contributed by atoms with van der Waals surface area (Å²) in [5.74, 6) is -10.9. The van der Waals surface area contributed by atoms with Gasteiger partial charge in [-0.3, -0.25) is 33.8 Å². The second-order valence-corrected chi connectivity index (χ2v) is 26.8. The fourth-order valence-corrected chi connectivity index (χ4v) is 14.6. The molecule has 9 aromatic carbocycles. The predicted octanol–water partition coefficient (Wildman–Crippen LogP) is 8.54. The third kappa shape index (κ3) is 15.0. The molecule has 0 aromatic heterocycles. The van der Waals surface area contributed by atoms with Gasteiger partial charge in [0.2, 0.25) is 0 Å². The maximum atomic E-state index is 15.9. The summed E-state index contributed by atoms with van der Waals surface area (Å²) in [7, 11) is 1.26. The minimum absolute atomic E-state index is 0.0137. The molecule has 6 heterocycles. The maximum Gasteiger partial charge on any atom is 0.338 e. The fraction of sp³-hybridized carbons (Fsp3) is 0.235. The van der Waals surface area contributed by atoms with Crippen LogP contribution in [-0.2, 0) is 63.4 Å². The molecule has 0 aliphatic carbocycles. The molecule has 568 valence electrons. The zero-order chi connectivity index (χ0) is 77.7. The Balaban J connectivity index is 0.930. The molecule has 0 radical (unpaired) electrons. The quantitative estimate of drug-likeness (QED) is 0.0356. The summed E-state index contributed by atoms with van der Waals surface area (Å²) in [4.78, 5) is 169. The van der Waals surface area contributed by atoms with E-state index < -0.39 is 177 Å². The van der Waals surface area contributed by atoms with Crippen LogP contribution in [-0.4, -0.2) is 204 Å². The van der Waals surface area contributed by atoms with Crippen molar-refractivity contribution in [3.63, 3.8) is 0 Å². The molecule has 7 unspecified atom stereocenters. The Morgan fingerprint density at radius 2 is 0.616 bits per heavy atom. The van der Waals surface area contributed by atoms with Gasteiger partial charge in [0.1, 0.15) is 74.6 Å². The molecule has 15 rings (SSSR count). The molecule has 9 aromatic rings. The first-order chi connectivity index (χ1) is 54.5. The number of amides is 5. The number of aliphatic hydroxyl groups is 1. The largest absolute Gasteiger partial charge is 0.459 e. The second-order valence-electron chi connectivity index (χ2n) is 26.8. The van der Waals surface area contributed by atoms with Crippen molar-refractivity contribution in [2.75, 3.05) is 26.9 Å². The smallest absolute Gasteiger partial charge is 0.338 e. The highest BCUT2D eigenvalue weighted by molar-refractivity contribution is 6.22. The summed E-state index contributed by atoms with van der Waals surface area (Å²) in [6, 6.07) is 57.6. The van der Waals surface area contributed by atoms with Crippen LogP contribution >= 0.6 is 0 Å². The number of nitrogens with zero attached hydrogens (tertiary/aromatic N) is 3. The van der Waals surface area contributed by atoms with Crippen molar-refractivity contribution in [2.24, 2.45) is 0 Å². The third-order valence-corrected chi connectivity index (χ3v) is 20.1. The maximum absolute atomic E-state index is 15.9. The fourth-order valence-electron chi connectivity index (χ4n) is 14.6. The number of benzene rings is 9.